The topological polar surface area (TPSA) is 0 Å². The molecule has 5 rings (SSSR count). The van der Waals surface area contributed by atoms with Gasteiger partial charge in [0, 0.05) is 0 Å². The summed E-state index contributed by atoms with van der Waals surface area (Å²) in [5.74, 6) is 5.40. The predicted molar refractivity (Wildman–Crippen MR) is 104 cm³/mol. The summed E-state index contributed by atoms with van der Waals surface area (Å²) in [7, 11) is 0. The van der Waals surface area contributed by atoms with E-state index < -0.39 is 20.3 Å². The Morgan fingerprint density at radius 2 is 0.963 bits per heavy atom. The second-order valence-electron chi connectivity index (χ2n) is 10.1. The monoisotopic (exact) mass is 482 g/mol. The van der Waals surface area contributed by atoms with E-state index >= 15 is 0 Å². The fraction of sp³-hybridized carbons (Fsp3) is 0.667. The summed E-state index contributed by atoms with van der Waals surface area (Å²) in [6, 6.07) is 0. The number of hydrogen-bond acceptors (Lipinski definition) is 0. The average Bonchev–Trinajstić information content (AvgIpc) is 2.91. The fourth-order valence-corrected chi connectivity index (χ4v) is 33.0. The third-order valence-corrected chi connectivity index (χ3v) is 28.9. The van der Waals surface area contributed by atoms with Crippen LogP contribution >= 0.6 is 0 Å². The Morgan fingerprint density at radius 1 is 0.593 bits per heavy atom. The molecule has 0 radical (unpaired) electrons. The molecule has 0 aromatic carbocycles. The zero-order valence-corrected chi connectivity index (χ0v) is 21.0. The van der Waals surface area contributed by atoms with Crippen LogP contribution in [0.2, 0.25) is 14.5 Å². The van der Waals surface area contributed by atoms with Gasteiger partial charge in [0.05, 0.1) is 0 Å². The molecular formula is C24H34Cl2Zr. The largest absolute Gasteiger partial charge is 1.00 e. The summed E-state index contributed by atoms with van der Waals surface area (Å²) in [5.41, 5.74) is 0. The van der Waals surface area contributed by atoms with Gasteiger partial charge in [0.25, 0.3) is 0 Å². The van der Waals surface area contributed by atoms with Crippen LogP contribution in [0.3, 0.4) is 0 Å². The third kappa shape index (κ3) is 3.00. The Bertz CT molecular complexity index is 620. The molecule has 0 aromatic rings. The molecule has 1 heterocycles. The molecule has 4 aliphatic carbocycles. The van der Waals surface area contributed by atoms with E-state index in [4.69, 9.17) is 0 Å². The molecule has 0 aromatic heterocycles. The van der Waals surface area contributed by atoms with Crippen LogP contribution in [-0.2, 0) is 20.3 Å². The van der Waals surface area contributed by atoms with Crippen molar-refractivity contribution >= 4 is 0 Å². The first-order valence-electron chi connectivity index (χ1n) is 10.8. The Labute approximate surface area is 183 Å². The van der Waals surface area contributed by atoms with Crippen molar-refractivity contribution < 1.29 is 45.1 Å². The molecule has 2 saturated carbocycles. The number of hydrogen-bond donors (Lipinski definition) is 0. The van der Waals surface area contributed by atoms with Gasteiger partial charge < -0.3 is 24.8 Å². The van der Waals surface area contributed by atoms with Gasteiger partial charge >= 0.3 is 159 Å². The summed E-state index contributed by atoms with van der Waals surface area (Å²) in [4.78, 5) is 0. The van der Waals surface area contributed by atoms with Crippen LogP contribution in [0.1, 0.15) is 40.5 Å². The second kappa shape index (κ2) is 7.92. The Hall–Kier alpha value is 0.423. The number of halogens is 2. The molecule has 148 valence electrons. The van der Waals surface area contributed by atoms with Crippen molar-refractivity contribution in [3.8, 4) is 0 Å². The van der Waals surface area contributed by atoms with Gasteiger partial charge in [0.1, 0.15) is 0 Å². The van der Waals surface area contributed by atoms with E-state index in [2.05, 4.69) is 76.3 Å². The van der Waals surface area contributed by atoms with E-state index in [1.165, 1.54) is 12.8 Å². The van der Waals surface area contributed by atoms with Crippen molar-refractivity contribution in [2.75, 3.05) is 0 Å². The van der Waals surface area contributed by atoms with Gasteiger partial charge in [0.2, 0.25) is 0 Å². The third-order valence-electron chi connectivity index (χ3n) is 9.31. The molecule has 10 atom stereocenters. The van der Waals surface area contributed by atoms with E-state index in [1.807, 2.05) is 0 Å². The predicted octanol–water partition coefficient (Wildman–Crippen LogP) is 1.15. The van der Waals surface area contributed by atoms with Crippen molar-refractivity contribution in [1.29, 1.82) is 0 Å². The number of rotatable bonds is 2. The van der Waals surface area contributed by atoms with Crippen molar-refractivity contribution in [3.63, 3.8) is 0 Å². The summed E-state index contributed by atoms with van der Waals surface area (Å²) in [6.45, 7) is 10.6. The molecule has 0 spiro atoms. The smallest absolute Gasteiger partial charge is 1.00 e. The maximum absolute atomic E-state index is 2.67. The summed E-state index contributed by atoms with van der Waals surface area (Å²) < 4.78 is 4.39. The van der Waals surface area contributed by atoms with E-state index in [-0.39, 0.29) is 24.8 Å². The molecule has 0 nitrogen and oxygen atoms in total. The molecule has 1 aliphatic heterocycles. The summed E-state index contributed by atoms with van der Waals surface area (Å²) in [6.07, 6.45) is 22.6. The first-order valence-corrected chi connectivity index (χ1v) is 16.4. The zero-order valence-electron chi connectivity index (χ0n) is 17.1. The second-order valence-corrected chi connectivity index (χ2v) is 22.7. The van der Waals surface area contributed by atoms with Crippen molar-refractivity contribution in [2.24, 2.45) is 35.5 Å². The van der Waals surface area contributed by atoms with Gasteiger partial charge in [-0.2, -0.15) is 0 Å². The quantitative estimate of drug-likeness (QED) is 0.552. The maximum Gasteiger partial charge on any atom is -1.00 e. The van der Waals surface area contributed by atoms with Crippen LogP contribution in [0.25, 0.3) is 0 Å². The standard InChI is InChI=1S/2C10H13.C4H8.2ClH.Zr/c2*1-8-6-9-4-2-3-5-10(9)7-8;1-3-4-2;;;/h2*2-6,8-10H,7H2,1H3;3-4H,1-2H3;2*1H;/q;;;;;+2/p-2. The van der Waals surface area contributed by atoms with E-state index in [9.17, 15) is 0 Å². The zero-order chi connectivity index (χ0) is 17.3. The van der Waals surface area contributed by atoms with Gasteiger partial charge in [-0.25, -0.2) is 0 Å². The van der Waals surface area contributed by atoms with Crippen LogP contribution in [0.15, 0.2) is 48.6 Å². The Morgan fingerprint density at radius 3 is 1.33 bits per heavy atom. The fourth-order valence-electron chi connectivity index (χ4n) is 8.42. The van der Waals surface area contributed by atoms with Gasteiger partial charge in [-0.05, 0) is 0 Å². The molecule has 3 heteroatoms. The van der Waals surface area contributed by atoms with Gasteiger partial charge in [0.15, 0.2) is 0 Å². The van der Waals surface area contributed by atoms with Crippen LogP contribution in [0, 0.1) is 35.5 Å². The normalized spacial score (nSPS) is 51.7. The van der Waals surface area contributed by atoms with E-state index in [0.29, 0.717) is 0 Å². The van der Waals surface area contributed by atoms with Crippen molar-refractivity contribution in [3.05, 3.63) is 48.6 Å². The first-order chi connectivity index (χ1) is 12.1. The summed E-state index contributed by atoms with van der Waals surface area (Å²) >= 11 is -2.27. The maximum atomic E-state index is 2.67. The Kier molecular flexibility index (Phi) is 6.49. The molecule has 5 aliphatic rings. The molecule has 0 N–H and O–H groups in total. The Balaban J connectivity index is 0.00000105. The number of fused-ring (bicyclic) bond motifs is 2. The molecule has 10 unspecified atom stereocenters. The SMILES string of the molecule is CC1CC2C=CC=CC2[CH]1[Zr+2]1([CH]2C(C)CC3C=CC=CC32)[CH](C)[CH]1C.[Cl-].[Cl-]. The summed E-state index contributed by atoms with van der Waals surface area (Å²) in [5, 5.41) is 0. The molecule has 27 heavy (non-hydrogen) atoms. The minimum Gasteiger partial charge on any atom is -1.00 e. The van der Waals surface area contributed by atoms with Gasteiger partial charge in [-0.3, -0.25) is 0 Å². The average molecular weight is 485 g/mol. The van der Waals surface area contributed by atoms with Crippen LogP contribution in [0.4, 0.5) is 0 Å². The minimum absolute atomic E-state index is 0. The molecule has 1 saturated heterocycles. The van der Waals surface area contributed by atoms with Crippen molar-refractivity contribution in [2.45, 2.75) is 55.0 Å². The first kappa shape index (κ1) is 22.1. The molecule has 3 fully saturated rings. The van der Waals surface area contributed by atoms with Crippen LogP contribution < -0.4 is 24.8 Å². The number of allylic oxidation sites excluding steroid dienone is 8. The molecule has 0 bridgehead atoms. The van der Waals surface area contributed by atoms with Crippen LogP contribution in [0.5, 0.6) is 0 Å². The molecular weight excluding hydrogens is 450 g/mol. The van der Waals surface area contributed by atoms with Gasteiger partial charge in [-0.15, -0.1) is 0 Å². The van der Waals surface area contributed by atoms with E-state index in [0.717, 1.165) is 50.0 Å². The molecule has 0 amide bonds. The van der Waals surface area contributed by atoms with E-state index in [1.54, 1.807) is 0 Å². The van der Waals surface area contributed by atoms with Crippen LogP contribution in [-0.4, -0.2) is 0 Å². The van der Waals surface area contributed by atoms with Gasteiger partial charge in [-0.1, -0.05) is 0 Å². The van der Waals surface area contributed by atoms with Crippen molar-refractivity contribution in [1.82, 2.24) is 0 Å². The minimum atomic E-state index is -2.27.